The molecule has 0 saturated carbocycles. The van der Waals surface area contributed by atoms with Gasteiger partial charge in [-0.25, -0.2) is 0 Å². The van der Waals surface area contributed by atoms with Gasteiger partial charge in [0, 0.05) is 23.6 Å². The molecule has 0 atom stereocenters. The van der Waals surface area contributed by atoms with Gasteiger partial charge in [0.1, 0.15) is 11.2 Å². The minimum atomic E-state index is 0. The van der Waals surface area contributed by atoms with Gasteiger partial charge in [0.05, 0.1) is 11.1 Å². The average molecular weight is 636 g/mol. The van der Waals surface area contributed by atoms with Crippen LogP contribution in [0.1, 0.15) is 125 Å². The number of ketones is 2. The Labute approximate surface area is 272 Å². The lowest BCUT2D eigenvalue weighted by Gasteiger charge is -2.21. The summed E-state index contributed by atoms with van der Waals surface area (Å²) < 4.78 is 6.36. The topological polar surface area (TPSA) is 53.8 Å². The molecule has 5 nitrogen and oxygen atoms in total. The van der Waals surface area contributed by atoms with E-state index in [1.807, 2.05) is 36.4 Å². The van der Waals surface area contributed by atoms with E-state index in [-0.39, 0.29) is 36.4 Å². The molecule has 0 radical (unpaired) electrons. The van der Waals surface area contributed by atoms with Crippen LogP contribution < -0.4 is 0 Å². The number of benzene rings is 2. The van der Waals surface area contributed by atoms with Gasteiger partial charge in [0.2, 0.25) is 0 Å². The summed E-state index contributed by atoms with van der Waals surface area (Å²) in [5, 5.41) is 1.83. The van der Waals surface area contributed by atoms with Crippen molar-refractivity contribution < 1.29 is 14.0 Å². The lowest BCUT2D eigenvalue weighted by atomic mass is 10.0. The number of para-hydroxylation sites is 2. The number of unbranched alkanes of at least 4 members (excludes halogenated alkanes) is 4. The zero-order chi connectivity index (χ0) is 29.5. The molecule has 43 heavy (non-hydrogen) atoms. The third-order valence-electron chi connectivity index (χ3n) is 8.19. The molecular weight excluding hydrogens is 579 g/mol. The Morgan fingerprint density at radius 2 is 0.860 bits per heavy atom. The normalized spacial score (nSPS) is 11.3. The largest absolute Gasteiger partial charge is 0.455 e. The molecule has 1 aromatic heterocycles. The minimum absolute atomic E-state index is 0. The molecule has 0 aliphatic heterocycles. The summed E-state index contributed by atoms with van der Waals surface area (Å²) >= 11 is 0. The summed E-state index contributed by atoms with van der Waals surface area (Å²) in [5.41, 5.74) is 2.50. The summed E-state index contributed by atoms with van der Waals surface area (Å²) in [6.07, 6.45) is 12.3. The maximum absolute atomic E-state index is 13.4. The second-order valence-corrected chi connectivity index (χ2v) is 11.6. The molecule has 7 heteroatoms. The first-order valence-electron chi connectivity index (χ1n) is 16.5. The summed E-state index contributed by atoms with van der Waals surface area (Å²) in [6, 6.07) is 11.6. The Hall–Kier alpha value is -1.92. The van der Waals surface area contributed by atoms with Gasteiger partial charge < -0.3 is 14.2 Å². The second kappa shape index (κ2) is 21.7. The van der Waals surface area contributed by atoms with E-state index in [0.29, 0.717) is 35.1 Å². The number of halogens is 2. The molecular formula is C36H56Cl2N2O3. The molecule has 0 bridgehead atoms. The zero-order valence-corrected chi connectivity index (χ0v) is 28.8. The smallest absolute Gasteiger partial charge is 0.166 e. The van der Waals surface area contributed by atoms with Crippen LogP contribution in [0.4, 0.5) is 0 Å². The Bertz CT molecular complexity index is 1120. The van der Waals surface area contributed by atoms with E-state index in [1.165, 1.54) is 51.4 Å². The number of furan rings is 1. The van der Waals surface area contributed by atoms with Crippen molar-refractivity contribution in [2.45, 2.75) is 105 Å². The predicted molar refractivity (Wildman–Crippen MR) is 188 cm³/mol. The summed E-state index contributed by atoms with van der Waals surface area (Å²) in [7, 11) is 0. The van der Waals surface area contributed by atoms with Gasteiger partial charge in [-0.3, -0.25) is 9.59 Å². The third kappa shape index (κ3) is 11.8. The van der Waals surface area contributed by atoms with Crippen LogP contribution in [0.3, 0.4) is 0 Å². The fraction of sp³-hybridized carbons (Fsp3) is 0.611. The highest BCUT2D eigenvalue weighted by Crippen LogP contribution is 2.34. The summed E-state index contributed by atoms with van der Waals surface area (Å²) in [5.74, 6) is 0.237. The van der Waals surface area contributed by atoms with Gasteiger partial charge in [0.15, 0.2) is 11.6 Å². The van der Waals surface area contributed by atoms with Crippen LogP contribution in [-0.2, 0) is 0 Å². The SMILES string of the molecule is CCCCN(CCCC)CCCC(=O)c1cccc2c1oc1c(C(=O)CCCN(CCCC)CCCC)cccc12.Cl.Cl. The average Bonchev–Trinajstić information content (AvgIpc) is 3.38. The molecule has 3 rings (SSSR count). The fourth-order valence-corrected chi connectivity index (χ4v) is 5.65. The molecule has 0 N–H and O–H groups in total. The first-order valence-corrected chi connectivity index (χ1v) is 16.5. The standard InChI is InChI=1S/C36H54N2O3.2ClH/c1-5-9-23-37(24-10-6-2)27-15-21-33(39)31-19-13-17-29-30-18-14-20-32(36(30)41-35(29)31)34(40)22-16-28-38(25-11-7-3)26-12-8-4;;/h13-14,17-20H,5-12,15-16,21-28H2,1-4H3;2*1H. The maximum Gasteiger partial charge on any atom is 0.166 e. The highest BCUT2D eigenvalue weighted by Gasteiger charge is 2.20. The van der Waals surface area contributed by atoms with E-state index in [9.17, 15) is 9.59 Å². The quantitative estimate of drug-likeness (QED) is 0.103. The maximum atomic E-state index is 13.4. The predicted octanol–water partition coefficient (Wildman–Crippen LogP) is 10.2. The first kappa shape index (κ1) is 39.1. The highest BCUT2D eigenvalue weighted by atomic mass is 35.5. The van der Waals surface area contributed by atoms with Crippen molar-refractivity contribution in [2.24, 2.45) is 0 Å². The Kier molecular flexibility index (Phi) is 19.8. The van der Waals surface area contributed by atoms with Crippen LogP contribution in [-0.4, -0.2) is 60.6 Å². The van der Waals surface area contributed by atoms with Crippen LogP contribution in [0, 0.1) is 0 Å². The van der Waals surface area contributed by atoms with E-state index in [4.69, 9.17) is 4.42 Å². The highest BCUT2D eigenvalue weighted by molar-refractivity contribution is 6.17. The van der Waals surface area contributed by atoms with Crippen molar-refractivity contribution in [1.82, 2.24) is 9.80 Å². The van der Waals surface area contributed by atoms with Gasteiger partial charge >= 0.3 is 0 Å². The summed E-state index contributed by atoms with van der Waals surface area (Å²) in [4.78, 5) is 31.8. The molecule has 1 heterocycles. The molecule has 0 saturated heterocycles. The van der Waals surface area contributed by atoms with Gasteiger partial charge in [-0.2, -0.15) is 0 Å². The summed E-state index contributed by atoms with van der Waals surface area (Å²) in [6.45, 7) is 15.2. The lowest BCUT2D eigenvalue weighted by Crippen LogP contribution is -2.27. The molecule has 0 unspecified atom stereocenters. The van der Waals surface area contributed by atoms with E-state index in [2.05, 4.69) is 37.5 Å². The van der Waals surface area contributed by atoms with Crippen LogP contribution in [0.25, 0.3) is 21.9 Å². The zero-order valence-electron chi connectivity index (χ0n) is 27.1. The molecule has 2 aromatic carbocycles. The molecule has 0 fully saturated rings. The van der Waals surface area contributed by atoms with Crippen molar-refractivity contribution >= 4 is 58.3 Å². The van der Waals surface area contributed by atoms with Gasteiger partial charge in [-0.1, -0.05) is 77.6 Å². The Morgan fingerprint density at radius 3 is 1.19 bits per heavy atom. The fourth-order valence-electron chi connectivity index (χ4n) is 5.65. The van der Waals surface area contributed by atoms with Crippen LogP contribution >= 0.6 is 24.8 Å². The van der Waals surface area contributed by atoms with Crippen molar-refractivity contribution in [3.63, 3.8) is 0 Å². The van der Waals surface area contributed by atoms with E-state index >= 15 is 0 Å². The molecule has 0 amide bonds. The van der Waals surface area contributed by atoms with Gasteiger partial charge in [-0.15, -0.1) is 24.8 Å². The number of nitrogens with zero attached hydrogens (tertiary/aromatic N) is 2. The van der Waals surface area contributed by atoms with Crippen LogP contribution in [0.15, 0.2) is 40.8 Å². The minimum Gasteiger partial charge on any atom is -0.455 e. The van der Waals surface area contributed by atoms with E-state index < -0.39 is 0 Å². The Balaban J connectivity index is 0.00000462. The number of fused-ring (bicyclic) bond motifs is 3. The number of rotatable bonds is 22. The van der Waals surface area contributed by atoms with E-state index in [1.54, 1.807) is 0 Å². The van der Waals surface area contributed by atoms with Crippen molar-refractivity contribution in [1.29, 1.82) is 0 Å². The molecule has 0 aliphatic carbocycles. The monoisotopic (exact) mass is 634 g/mol. The van der Waals surface area contributed by atoms with Crippen LogP contribution in [0.2, 0.25) is 0 Å². The van der Waals surface area contributed by atoms with Crippen molar-refractivity contribution in [2.75, 3.05) is 39.3 Å². The lowest BCUT2D eigenvalue weighted by molar-refractivity contribution is 0.0968. The van der Waals surface area contributed by atoms with Crippen molar-refractivity contribution in [3.8, 4) is 0 Å². The third-order valence-corrected chi connectivity index (χ3v) is 8.19. The van der Waals surface area contributed by atoms with Crippen LogP contribution in [0.5, 0.6) is 0 Å². The molecule has 0 spiro atoms. The van der Waals surface area contributed by atoms with Gasteiger partial charge in [-0.05, 0) is 89.9 Å². The molecule has 3 aromatic rings. The first-order chi connectivity index (χ1) is 20.0. The number of carbonyl (C=O) groups is 2. The van der Waals surface area contributed by atoms with Gasteiger partial charge in [0.25, 0.3) is 0 Å². The second-order valence-electron chi connectivity index (χ2n) is 11.6. The number of hydrogen-bond donors (Lipinski definition) is 0. The number of Topliss-reactive ketones (excluding diaryl/α,β-unsaturated/α-hetero) is 2. The van der Waals surface area contributed by atoms with Crippen molar-refractivity contribution in [3.05, 3.63) is 47.5 Å². The van der Waals surface area contributed by atoms with E-state index in [0.717, 1.165) is 62.9 Å². The molecule has 242 valence electrons. The molecule has 0 aliphatic rings. The number of hydrogen-bond acceptors (Lipinski definition) is 5. The Morgan fingerprint density at radius 1 is 0.535 bits per heavy atom. The number of carbonyl (C=O) groups excluding carboxylic acids is 2.